The average molecular weight is 339 g/mol. The van der Waals surface area contributed by atoms with Crippen LogP contribution in [0.3, 0.4) is 0 Å². The number of amides is 1. The molecule has 6 heteroatoms. The molecule has 0 aliphatic rings. The van der Waals surface area contributed by atoms with Crippen molar-refractivity contribution >= 4 is 22.4 Å². The van der Waals surface area contributed by atoms with E-state index in [-0.39, 0.29) is 5.91 Å². The summed E-state index contributed by atoms with van der Waals surface area (Å²) in [7, 11) is 0. The molecule has 3 rings (SSSR count). The van der Waals surface area contributed by atoms with Crippen LogP contribution in [0.25, 0.3) is 11.3 Å². The number of carbonyl (C=O) groups excluding carboxylic acids is 1. The first-order valence-corrected chi connectivity index (χ1v) is 8.12. The Balaban J connectivity index is 1.91. The first kappa shape index (κ1) is 16.0. The zero-order valence-electron chi connectivity index (χ0n) is 12.7. The summed E-state index contributed by atoms with van der Waals surface area (Å²) in [5, 5.41) is 2.46. The van der Waals surface area contributed by atoms with Crippen molar-refractivity contribution in [1.29, 1.82) is 0 Å². The number of anilines is 1. The number of halogens is 1. The molecule has 3 aromatic rings. The van der Waals surface area contributed by atoms with Gasteiger partial charge in [0, 0.05) is 23.7 Å². The van der Waals surface area contributed by atoms with E-state index >= 15 is 0 Å². The molecule has 0 spiro atoms. The number of aromatic nitrogens is 2. The van der Waals surface area contributed by atoms with E-state index in [4.69, 9.17) is 0 Å². The second-order valence-corrected chi connectivity index (χ2v) is 5.79. The smallest absolute Gasteiger partial charge is 0.261 e. The fourth-order valence-electron chi connectivity index (χ4n) is 2.16. The molecule has 0 fully saturated rings. The summed E-state index contributed by atoms with van der Waals surface area (Å²) in [6, 6.07) is 12.3. The van der Waals surface area contributed by atoms with Crippen LogP contribution in [0.4, 0.5) is 9.52 Å². The average Bonchev–Trinajstić information content (AvgIpc) is 3.10. The summed E-state index contributed by atoms with van der Waals surface area (Å²) < 4.78 is 13.0. The Morgan fingerprint density at radius 1 is 1.25 bits per heavy atom. The zero-order chi connectivity index (χ0) is 16.9. The Morgan fingerprint density at radius 3 is 2.71 bits per heavy atom. The van der Waals surface area contributed by atoms with E-state index in [1.807, 2.05) is 35.7 Å². The molecule has 0 N–H and O–H groups in total. The fourth-order valence-corrected chi connectivity index (χ4v) is 3.01. The van der Waals surface area contributed by atoms with Crippen LogP contribution >= 0.6 is 11.3 Å². The summed E-state index contributed by atoms with van der Waals surface area (Å²) in [5.41, 5.74) is 2.08. The van der Waals surface area contributed by atoms with Gasteiger partial charge in [-0.05, 0) is 12.1 Å². The van der Waals surface area contributed by atoms with Gasteiger partial charge in [0.2, 0.25) is 5.95 Å². The molecule has 0 saturated carbocycles. The van der Waals surface area contributed by atoms with E-state index in [1.165, 1.54) is 28.5 Å². The van der Waals surface area contributed by atoms with Gasteiger partial charge >= 0.3 is 0 Å². The van der Waals surface area contributed by atoms with Crippen LogP contribution in [0.15, 0.2) is 66.7 Å². The third kappa shape index (κ3) is 3.38. The van der Waals surface area contributed by atoms with Gasteiger partial charge in [0.05, 0.1) is 11.3 Å². The Hall–Kier alpha value is -2.86. The lowest BCUT2D eigenvalue weighted by Gasteiger charge is -2.17. The molecule has 2 heterocycles. The van der Waals surface area contributed by atoms with E-state index in [2.05, 4.69) is 16.5 Å². The molecule has 0 aliphatic heterocycles. The molecular weight excluding hydrogens is 325 g/mol. The van der Waals surface area contributed by atoms with Crippen molar-refractivity contribution in [3.8, 4) is 11.3 Å². The SMILES string of the molecule is C=CCN(C(=O)c1ccc(F)nc1)c1nc(-c2ccccc2)cs1. The summed E-state index contributed by atoms with van der Waals surface area (Å²) >= 11 is 1.37. The van der Waals surface area contributed by atoms with E-state index in [0.29, 0.717) is 17.2 Å². The van der Waals surface area contributed by atoms with Crippen molar-refractivity contribution in [3.63, 3.8) is 0 Å². The second kappa shape index (κ2) is 7.14. The van der Waals surface area contributed by atoms with Crippen LogP contribution in [-0.4, -0.2) is 22.4 Å². The number of carbonyl (C=O) groups is 1. The van der Waals surface area contributed by atoms with Crippen LogP contribution in [0.2, 0.25) is 0 Å². The lowest BCUT2D eigenvalue weighted by molar-refractivity contribution is 0.0989. The highest BCUT2D eigenvalue weighted by Crippen LogP contribution is 2.28. The molecule has 0 atom stereocenters. The van der Waals surface area contributed by atoms with Crippen molar-refractivity contribution < 1.29 is 9.18 Å². The molecule has 120 valence electrons. The van der Waals surface area contributed by atoms with Crippen molar-refractivity contribution in [2.45, 2.75) is 0 Å². The molecule has 24 heavy (non-hydrogen) atoms. The minimum Gasteiger partial charge on any atom is -0.280 e. The van der Waals surface area contributed by atoms with Crippen LogP contribution < -0.4 is 4.90 Å². The number of thiazole rings is 1. The number of hydrogen-bond donors (Lipinski definition) is 0. The Bertz CT molecular complexity index is 846. The lowest BCUT2D eigenvalue weighted by atomic mass is 10.2. The maximum Gasteiger partial charge on any atom is 0.261 e. The first-order valence-electron chi connectivity index (χ1n) is 7.24. The highest BCUT2D eigenvalue weighted by atomic mass is 32.1. The van der Waals surface area contributed by atoms with E-state index in [0.717, 1.165) is 17.3 Å². The van der Waals surface area contributed by atoms with Gasteiger partial charge in [0.1, 0.15) is 0 Å². The molecule has 1 aromatic carbocycles. The number of hydrogen-bond acceptors (Lipinski definition) is 4. The normalized spacial score (nSPS) is 10.4. The number of nitrogens with zero attached hydrogens (tertiary/aromatic N) is 3. The third-order valence-electron chi connectivity index (χ3n) is 3.32. The van der Waals surface area contributed by atoms with Crippen molar-refractivity contribution in [1.82, 2.24) is 9.97 Å². The summed E-state index contributed by atoms with van der Waals surface area (Å²) in [6.45, 7) is 3.99. The molecule has 4 nitrogen and oxygen atoms in total. The predicted octanol–water partition coefficient (Wildman–Crippen LogP) is 4.18. The number of rotatable bonds is 5. The molecule has 0 saturated heterocycles. The lowest BCUT2D eigenvalue weighted by Crippen LogP contribution is -2.31. The molecule has 0 radical (unpaired) electrons. The van der Waals surface area contributed by atoms with Gasteiger partial charge in [-0.15, -0.1) is 17.9 Å². The standard InChI is InChI=1S/C18H14FN3OS/c1-2-10-22(17(23)14-8-9-16(19)20-11-14)18-21-15(12-24-18)13-6-4-3-5-7-13/h2-9,11-12H,1,10H2. The molecule has 2 aromatic heterocycles. The highest BCUT2D eigenvalue weighted by molar-refractivity contribution is 7.14. The summed E-state index contributed by atoms with van der Waals surface area (Å²) in [6.07, 6.45) is 2.85. The Morgan fingerprint density at radius 2 is 2.04 bits per heavy atom. The molecule has 1 amide bonds. The molecular formula is C18H14FN3OS. The van der Waals surface area contributed by atoms with Gasteiger partial charge in [-0.3, -0.25) is 9.69 Å². The Labute approximate surface area is 142 Å². The number of benzene rings is 1. The largest absolute Gasteiger partial charge is 0.280 e. The summed E-state index contributed by atoms with van der Waals surface area (Å²) in [5.74, 6) is -0.918. The highest BCUT2D eigenvalue weighted by Gasteiger charge is 2.20. The van der Waals surface area contributed by atoms with Gasteiger partial charge < -0.3 is 0 Å². The quantitative estimate of drug-likeness (QED) is 0.517. The van der Waals surface area contributed by atoms with Crippen molar-refractivity contribution in [2.24, 2.45) is 0 Å². The monoisotopic (exact) mass is 339 g/mol. The van der Waals surface area contributed by atoms with Gasteiger partial charge in [-0.25, -0.2) is 9.97 Å². The second-order valence-electron chi connectivity index (χ2n) is 4.96. The van der Waals surface area contributed by atoms with E-state index in [1.54, 1.807) is 6.08 Å². The maximum absolute atomic E-state index is 13.0. The number of pyridine rings is 1. The van der Waals surface area contributed by atoms with Gasteiger partial charge in [-0.2, -0.15) is 4.39 Å². The van der Waals surface area contributed by atoms with Gasteiger partial charge in [0.15, 0.2) is 5.13 Å². The fraction of sp³-hybridized carbons (Fsp3) is 0.0556. The van der Waals surface area contributed by atoms with Crippen LogP contribution in [0, 0.1) is 5.95 Å². The van der Waals surface area contributed by atoms with Crippen molar-refractivity contribution in [3.05, 3.63) is 78.2 Å². The first-order chi connectivity index (χ1) is 11.7. The summed E-state index contributed by atoms with van der Waals surface area (Å²) in [4.78, 5) is 22.3. The minimum atomic E-state index is -0.623. The molecule has 0 bridgehead atoms. The van der Waals surface area contributed by atoms with Crippen LogP contribution in [0.1, 0.15) is 10.4 Å². The van der Waals surface area contributed by atoms with Crippen molar-refractivity contribution in [2.75, 3.05) is 11.4 Å². The van der Waals surface area contributed by atoms with Crippen LogP contribution in [0.5, 0.6) is 0 Å². The predicted molar refractivity (Wildman–Crippen MR) is 93.6 cm³/mol. The topological polar surface area (TPSA) is 46.1 Å². The Kier molecular flexibility index (Phi) is 4.77. The van der Waals surface area contributed by atoms with E-state index < -0.39 is 5.95 Å². The minimum absolute atomic E-state index is 0.295. The molecule has 0 aliphatic carbocycles. The molecule has 0 unspecified atom stereocenters. The van der Waals surface area contributed by atoms with Gasteiger partial charge in [0.25, 0.3) is 5.91 Å². The maximum atomic E-state index is 13.0. The third-order valence-corrected chi connectivity index (χ3v) is 4.19. The van der Waals surface area contributed by atoms with Gasteiger partial charge in [-0.1, -0.05) is 36.4 Å². The van der Waals surface area contributed by atoms with Crippen LogP contribution in [-0.2, 0) is 0 Å². The van der Waals surface area contributed by atoms with E-state index in [9.17, 15) is 9.18 Å². The zero-order valence-corrected chi connectivity index (χ0v) is 13.5.